The summed E-state index contributed by atoms with van der Waals surface area (Å²) in [7, 11) is 3.51. The van der Waals surface area contributed by atoms with E-state index in [9.17, 15) is 9.59 Å². The predicted octanol–water partition coefficient (Wildman–Crippen LogP) is 2.60. The Bertz CT molecular complexity index is 890. The average Bonchev–Trinajstić information content (AvgIpc) is 3.30. The van der Waals surface area contributed by atoms with Crippen molar-refractivity contribution < 1.29 is 19.1 Å². The first-order chi connectivity index (χ1) is 13.0. The Morgan fingerprint density at radius 2 is 2.04 bits per heavy atom. The minimum Gasteiger partial charge on any atom is -0.454 e. The summed E-state index contributed by atoms with van der Waals surface area (Å²) in [5.41, 5.74) is 2.12. The zero-order chi connectivity index (χ0) is 19.0. The van der Waals surface area contributed by atoms with Crippen LogP contribution in [-0.2, 0) is 24.2 Å². The van der Waals surface area contributed by atoms with E-state index in [0.29, 0.717) is 13.0 Å². The van der Waals surface area contributed by atoms with Crippen molar-refractivity contribution in [2.45, 2.75) is 25.8 Å². The normalized spacial score (nSPS) is 17.3. The first-order valence-electron chi connectivity index (χ1n) is 9.00. The summed E-state index contributed by atoms with van der Waals surface area (Å²) in [6.07, 6.45) is 2.36. The van der Waals surface area contributed by atoms with Crippen LogP contribution in [0.25, 0.3) is 0 Å². The van der Waals surface area contributed by atoms with E-state index in [-0.39, 0.29) is 24.5 Å². The largest absolute Gasteiger partial charge is 0.454 e. The number of ether oxygens (including phenoxy) is 2. The Balaban J connectivity index is 1.37. The van der Waals surface area contributed by atoms with Crippen LogP contribution in [0.1, 0.15) is 32.1 Å². The molecule has 2 aliphatic rings. The van der Waals surface area contributed by atoms with E-state index in [0.717, 1.165) is 40.3 Å². The van der Waals surface area contributed by atoms with Crippen LogP contribution in [0.2, 0.25) is 0 Å². The SMILES string of the molecule is CN(C)C(=O)c1cc2c(s1)CC[C@@H](C(=O)NCc1ccc3c(c1)OCO3)C2. The third-order valence-corrected chi connectivity index (χ3v) is 6.20. The van der Waals surface area contributed by atoms with Gasteiger partial charge in [-0.1, -0.05) is 6.07 Å². The molecule has 0 radical (unpaired) electrons. The van der Waals surface area contributed by atoms with E-state index in [1.54, 1.807) is 30.3 Å². The van der Waals surface area contributed by atoms with Crippen molar-refractivity contribution in [1.29, 1.82) is 0 Å². The zero-order valence-electron chi connectivity index (χ0n) is 15.4. The van der Waals surface area contributed by atoms with Crippen molar-refractivity contribution >= 4 is 23.2 Å². The third-order valence-electron chi connectivity index (χ3n) is 4.97. The van der Waals surface area contributed by atoms with Gasteiger partial charge in [0.2, 0.25) is 12.7 Å². The lowest BCUT2D eigenvalue weighted by Gasteiger charge is -2.21. The van der Waals surface area contributed by atoms with Gasteiger partial charge in [0.25, 0.3) is 5.91 Å². The number of thiophene rings is 1. The van der Waals surface area contributed by atoms with Crippen LogP contribution in [0.5, 0.6) is 11.5 Å². The van der Waals surface area contributed by atoms with Crippen molar-refractivity contribution in [2.24, 2.45) is 5.92 Å². The van der Waals surface area contributed by atoms with E-state index in [1.165, 1.54) is 4.88 Å². The Morgan fingerprint density at radius 3 is 2.85 bits per heavy atom. The fraction of sp³-hybridized carbons (Fsp3) is 0.400. The number of hydrogen-bond donors (Lipinski definition) is 1. The van der Waals surface area contributed by atoms with E-state index in [2.05, 4.69) is 5.32 Å². The number of hydrogen-bond acceptors (Lipinski definition) is 5. The van der Waals surface area contributed by atoms with Crippen LogP contribution in [0.4, 0.5) is 0 Å². The second-order valence-electron chi connectivity index (χ2n) is 7.10. The highest BCUT2D eigenvalue weighted by atomic mass is 32.1. The maximum atomic E-state index is 12.6. The highest BCUT2D eigenvalue weighted by molar-refractivity contribution is 7.14. The van der Waals surface area contributed by atoms with Gasteiger partial charge in [0.1, 0.15) is 0 Å². The first-order valence-corrected chi connectivity index (χ1v) is 9.82. The molecule has 1 aliphatic heterocycles. The molecule has 27 heavy (non-hydrogen) atoms. The molecule has 1 N–H and O–H groups in total. The summed E-state index contributed by atoms with van der Waals surface area (Å²) in [6, 6.07) is 7.66. The molecular formula is C20H22N2O4S. The van der Waals surface area contributed by atoms with Crippen molar-refractivity contribution in [2.75, 3.05) is 20.9 Å². The summed E-state index contributed by atoms with van der Waals surface area (Å²) >= 11 is 1.56. The van der Waals surface area contributed by atoms with Crippen molar-refractivity contribution in [3.8, 4) is 11.5 Å². The molecule has 142 valence electrons. The summed E-state index contributed by atoms with van der Waals surface area (Å²) in [5, 5.41) is 3.03. The zero-order valence-corrected chi connectivity index (χ0v) is 16.2. The Labute approximate surface area is 162 Å². The molecule has 2 amide bonds. The standard InChI is InChI=1S/C20H22N2O4S/c1-22(2)20(24)18-9-14-8-13(4-6-17(14)27-18)19(23)21-10-12-3-5-15-16(7-12)26-11-25-15/h3,5,7,9,13H,4,6,8,10-11H2,1-2H3,(H,21,23)/t13-/m1/s1. The number of aryl methyl sites for hydroxylation is 1. The quantitative estimate of drug-likeness (QED) is 0.877. The number of nitrogens with zero attached hydrogens (tertiary/aromatic N) is 1. The fourth-order valence-corrected chi connectivity index (χ4v) is 4.69. The van der Waals surface area contributed by atoms with Gasteiger partial charge in [-0.25, -0.2) is 0 Å². The Kier molecular flexibility index (Phi) is 4.78. The third kappa shape index (κ3) is 3.64. The van der Waals surface area contributed by atoms with Gasteiger partial charge in [-0.3, -0.25) is 9.59 Å². The van der Waals surface area contributed by atoms with Crippen LogP contribution in [-0.4, -0.2) is 37.6 Å². The summed E-state index contributed by atoms with van der Waals surface area (Å²) in [4.78, 5) is 28.4. The van der Waals surface area contributed by atoms with Gasteiger partial charge in [-0.2, -0.15) is 0 Å². The van der Waals surface area contributed by atoms with Gasteiger partial charge in [0.15, 0.2) is 11.5 Å². The number of rotatable bonds is 4. The van der Waals surface area contributed by atoms with E-state index in [1.807, 2.05) is 24.3 Å². The highest BCUT2D eigenvalue weighted by Gasteiger charge is 2.27. The van der Waals surface area contributed by atoms with Crippen LogP contribution < -0.4 is 14.8 Å². The predicted molar refractivity (Wildman–Crippen MR) is 102 cm³/mol. The molecule has 0 unspecified atom stereocenters. The van der Waals surface area contributed by atoms with Gasteiger partial charge >= 0.3 is 0 Å². The second kappa shape index (κ2) is 7.23. The molecule has 0 bridgehead atoms. The lowest BCUT2D eigenvalue weighted by atomic mass is 9.87. The average molecular weight is 386 g/mol. The molecule has 0 spiro atoms. The van der Waals surface area contributed by atoms with E-state index >= 15 is 0 Å². The van der Waals surface area contributed by atoms with Gasteiger partial charge in [-0.05, 0) is 48.6 Å². The molecule has 2 aromatic rings. The van der Waals surface area contributed by atoms with Crippen molar-refractivity contribution in [3.63, 3.8) is 0 Å². The van der Waals surface area contributed by atoms with Gasteiger partial charge < -0.3 is 19.7 Å². The molecule has 1 atom stereocenters. The molecule has 2 heterocycles. The molecule has 4 rings (SSSR count). The molecule has 0 saturated heterocycles. The lowest BCUT2D eigenvalue weighted by Crippen LogP contribution is -2.33. The minimum absolute atomic E-state index is 0.0261. The topological polar surface area (TPSA) is 67.9 Å². The Morgan fingerprint density at radius 1 is 1.22 bits per heavy atom. The van der Waals surface area contributed by atoms with Crippen molar-refractivity contribution in [3.05, 3.63) is 45.1 Å². The first kappa shape index (κ1) is 17.9. The van der Waals surface area contributed by atoms with Crippen LogP contribution in [0, 0.1) is 5.92 Å². The molecule has 6 nitrogen and oxygen atoms in total. The molecule has 7 heteroatoms. The molecule has 0 saturated carbocycles. The van der Waals surface area contributed by atoms with Crippen LogP contribution >= 0.6 is 11.3 Å². The monoisotopic (exact) mass is 386 g/mol. The summed E-state index contributed by atoms with van der Waals surface area (Å²) in [5.74, 6) is 1.50. The van der Waals surface area contributed by atoms with E-state index in [4.69, 9.17) is 9.47 Å². The van der Waals surface area contributed by atoms with Gasteiger partial charge in [-0.15, -0.1) is 11.3 Å². The minimum atomic E-state index is -0.0524. The van der Waals surface area contributed by atoms with Crippen molar-refractivity contribution in [1.82, 2.24) is 10.2 Å². The number of nitrogens with one attached hydrogen (secondary N) is 1. The molecule has 0 fully saturated rings. The number of carbonyl (C=O) groups is 2. The maximum Gasteiger partial charge on any atom is 0.263 e. The number of amides is 2. The number of carbonyl (C=O) groups excluding carboxylic acids is 2. The van der Waals surface area contributed by atoms with Gasteiger partial charge in [0.05, 0.1) is 4.88 Å². The highest BCUT2D eigenvalue weighted by Crippen LogP contribution is 2.34. The lowest BCUT2D eigenvalue weighted by molar-refractivity contribution is -0.125. The maximum absolute atomic E-state index is 12.6. The Hall–Kier alpha value is -2.54. The summed E-state index contributed by atoms with van der Waals surface area (Å²) in [6.45, 7) is 0.710. The van der Waals surface area contributed by atoms with Crippen LogP contribution in [0.3, 0.4) is 0 Å². The summed E-state index contributed by atoms with van der Waals surface area (Å²) < 4.78 is 10.7. The smallest absolute Gasteiger partial charge is 0.263 e. The van der Waals surface area contributed by atoms with E-state index < -0.39 is 0 Å². The molecule has 1 aliphatic carbocycles. The molecule has 1 aromatic carbocycles. The molecule has 1 aromatic heterocycles. The number of benzene rings is 1. The second-order valence-corrected chi connectivity index (χ2v) is 8.24. The van der Waals surface area contributed by atoms with Gasteiger partial charge in [0, 0.05) is 31.4 Å². The van der Waals surface area contributed by atoms with Crippen LogP contribution in [0.15, 0.2) is 24.3 Å². The number of fused-ring (bicyclic) bond motifs is 2. The fourth-order valence-electron chi connectivity index (χ4n) is 3.46. The molecular weight excluding hydrogens is 364 g/mol.